The zero-order chi connectivity index (χ0) is 35.3. The standard InChI is InChI=1S/C45H74O4/c1-7-8-9-16-22-37(49-47)23-17-14-12-10-11-13-15-18-24-43(46)48-38-29-31-44(5)36(33-38)25-26-39-41-28-27-40(35(4)21-19-20-34(2)3)45(41,6)32-30-42(39)44/h8-9,14,17,22,25,34-35,38-42,47H,7,10-13,15-16,18-21,23-24,26-33H2,1-6H3/b9-8-,17-14-,37-22+/t35-,38+,39+,40-,41+,42+,44+,45-/m1/s1. The highest BCUT2D eigenvalue weighted by molar-refractivity contribution is 5.69. The molecule has 0 aliphatic heterocycles. The molecular formula is C45H74O4. The van der Waals surface area contributed by atoms with E-state index in [4.69, 9.17) is 9.99 Å². The van der Waals surface area contributed by atoms with Gasteiger partial charge in [0.1, 0.15) is 11.9 Å². The molecule has 1 N–H and O–H groups in total. The Morgan fingerprint density at radius 3 is 2.49 bits per heavy atom. The first-order chi connectivity index (χ1) is 23.6. The van der Waals surface area contributed by atoms with E-state index in [-0.39, 0.29) is 12.1 Å². The van der Waals surface area contributed by atoms with Gasteiger partial charge in [-0.2, -0.15) is 0 Å². The van der Waals surface area contributed by atoms with E-state index in [0.717, 1.165) is 93.3 Å². The summed E-state index contributed by atoms with van der Waals surface area (Å²) in [6, 6.07) is 0. The van der Waals surface area contributed by atoms with E-state index in [0.29, 0.717) is 29.4 Å². The number of carbonyl (C=O) groups excluding carboxylic acids is 1. The molecule has 0 saturated heterocycles. The normalized spacial score (nSPS) is 32.2. The molecule has 3 fully saturated rings. The van der Waals surface area contributed by atoms with Crippen molar-refractivity contribution in [2.45, 2.75) is 182 Å². The second kappa shape index (κ2) is 19.7. The Morgan fingerprint density at radius 2 is 1.71 bits per heavy atom. The third kappa shape index (κ3) is 10.8. The van der Waals surface area contributed by atoms with Gasteiger partial charge in [0.25, 0.3) is 0 Å². The van der Waals surface area contributed by atoms with Crippen molar-refractivity contribution in [3.63, 3.8) is 0 Å². The maximum absolute atomic E-state index is 12.8. The fourth-order valence-corrected chi connectivity index (χ4v) is 11.0. The molecule has 0 spiro atoms. The molecule has 0 aromatic carbocycles. The Morgan fingerprint density at radius 1 is 0.918 bits per heavy atom. The highest BCUT2D eigenvalue weighted by atomic mass is 17.1. The zero-order valence-electron chi connectivity index (χ0n) is 32.5. The van der Waals surface area contributed by atoms with Crippen LogP contribution in [0.2, 0.25) is 0 Å². The monoisotopic (exact) mass is 679 g/mol. The lowest BCUT2D eigenvalue weighted by atomic mass is 9.47. The summed E-state index contributed by atoms with van der Waals surface area (Å²) in [5.41, 5.74) is 2.46. The minimum absolute atomic E-state index is 0.0129. The molecule has 0 aromatic heterocycles. The number of esters is 1. The van der Waals surface area contributed by atoms with Crippen LogP contribution in [0.4, 0.5) is 0 Å². The van der Waals surface area contributed by atoms with Crippen LogP contribution in [0.5, 0.6) is 0 Å². The molecule has 0 bridgehead atoms. The molecule has 49 heavy (non-hydrogen) atoms. The van der Waals surface area contributed by atoms with Crippen molar-refractivity contribution in [3.8, 4) is 0 Å². The van der Waals surface area contributed by atoms with Crippen molar-refractivity contribution in [2.24, 2.45) is 46.3 Å². The van der Waals surface area contributed by atoms with Crippen LogP contribution in [-0.4, -0.2) is 17.3 Å². The summed E-state index contributed by atoms with van der Waals surface area (Å²) < 4.78 is 6.11. The van der Waals surface area contributed by atoms with Gasteiger partial charge in [0, 0.05) is 19.3 Å². The molecule has 278 valence electrons. The van der Waals surface area contributed by atoms with E-state index < -0.39 is 0 Å². The van der Waals surface area contributed by atoms with Crippen LogP contribution in [0.15, 0.2) is 47.8 Å². The second-order valence-corrected chi connectivity index (χ2v) is 17.5. The summed E-state index contributed by atoms with van der Waals surface area (Å²) in [5, 5.41) is 9.05. The third-order valence-corrected chi connectivity index (χ3v) is 13.8. The molecule has 3 saturated carbocycles. The molecule has 4 aliphatic carbocycles. The van der Waals surface area contributed by atoms with Crippen molar-refractivity contribution < 1.29 is 19.7 Å². The first kappa shape index (κ1) is 40.0. The number of unbranched alkanes of at least 4 members (excludes halogenated alkanes) is 5. The Bertz CT molecular complexity index is 1130. The molecule has 0 radical (unpaired) electrons. The first-order valence-corrected chi connectivity index (χ1v) is 20.8. The van der Waals surface area contributed by atoms with Gasteiger partial charge in [-0.05, 0) is 129 Å². The number of carbonyl (C=O) groups is 1. The van der Waals surface area contributed by atoms with E-state index in [1.54, 1.807) is 5.57 Å². The van der Waals surface area contributed by atoms with E-state index in [1.165, 1.54) is 64.2 Å². The lowest BCUT2D eigenvalue weighted by Crippen LogP contribution is -2.51. The molecule has 0 heterocycles. The van der Waals surface area contributed by atoms with Crippen LogP contribution in [0.25, 0.3) is 0 Å². The Balaban J connectivity index is 1.13. The summed E-state index contributed by atoms with van der Waals surface area (Å²) in [6.45, 7) is 14.7. The quantitative estimate of drug-likeness (QED) is 0.0348. The lowest BCUT2D eigenvalue weighted by molar-refractivity contribution is -0.204. The van der Waals surface area contributed by atoms with Crippen LogP contribution in [0, 0.1) is 46.3 Å². The number of allylic oxidation sites excluding steroid dienone is 6. The number of hydrogen-bond donors (Lipinski definition) is 1. The van der Waals surface area contributed by atoms with E-state index in [9.17, 15) is 4.79 Å². The topological polar surface area (TPSA) is 55.8 Å². The first-order valence-electron chi connectivity index (χ1n) is 20.8. The van der Waals surface area contributed by atoms with Gasteiger partial charge in [-0.1, -0.05) is 116 Å². The summed E-state index contributed by atoms with van der Waals surface area (Å²) >= 11 is 0. The smallest absolute Gasteiger partial charge is 0.306 e. The number of rotatable bonds is 20. The summed E-state index contributed by atoms with van der Waals surface area (Å²) in [5.74, 6) is 5.77. The average Bonchev–Trinajstić information content (AvgIpc) is 3.43. The van der Waals surface area contributed by atoms with Gasteiger partial charge in [0.2, 0.25) is 0 Å². The molecular weight excluding hydrogens is 604 g/mol. The highest BCUT2D eigenvalue weighted by Gasteiger charge is 2.59. The van der Waals surface area contributed by atoms with Gasteiger partial charge in [-0.3, -0.25) is 4.79 Å². The van der Waals surface area contributed by atoms with Crippen molar-refractivity contribution in [3.05, 3.63) is 47.8 Å². The van der Waals surface area contributed by atoms with E-state index >= 15 is 0 Å². The number of hydrogen-bond acceptors (Lipinski definition) is 4. The Labute approximate surface area is 301 Å². The maximum Gasteiger partial charge on any atom is 0.306 e. The molecule has 4 nitrogen and oxygen atoms in total. The molecule has 8 atom stereocenters. The molecule has 4 aliphatic rings. The fourth-order valence-electron chi connectivity index (χ4n) is 11.0. The zero-order valence-corrected chi connectivity index (χ0v) is 32.5. The highest BCUT2D eigenvalue weighted by Crippen LogP contribution is 2.67. The molecule has 0 unspecified atom stereocenters. The minimum Gasteiger partial charge on any atom is -0.462 e. The average molecular weight is 679 g/mol. The largest absolute Gasteiger partial charge is 0.462 e. The predicted molar refractivity (Wildman–Crippen MR) is 205 cm³/mol. The van der Waals surface area contributed by atoms with Gasteiger partial charge in [0.05, 0.1) is 0 Å². The fraction of sp³-hybridized carbons (Fsp3) is 0.800. The van der Waals surface area contributed by atoms with Crippen LogP contribution < -0.4 is 0 Å². The molecule has 4 heteroatoms. The Kier molecular flexibility index (Phi) is 16.1. The van der Waals surface area contributed by atoms with Crippen molar-refractivity contribution in [1.82, 2.24) is 0 Å². The molecule has 4 rings (SSSR count). The van der Waals surface area contributed by atoms with Crippen LogP contribution in [0.1, 0.15) is 176 Å². The summed E-state index contributed by atoms with van der Waals surface area (Å²) in [6.07, 6.45) is 36.9. The van der Waals surface area contributed by atoms with E-state index in [2.05, 4.69) is 76.8 Å². The summed E-state index contributed by atoms with van der Waals surface area (Å²) in [4.78, 5) is 17.3. The van der Waals surface area contributed by atoms with Gasteiger partial charge >= 0.3 is 5.97 Å². The van der Waals surface area contributed by atoms with Gasteiger partial charge in [0.15, 0.2) is 0 Å². The molecule has 0 aromatic rings. The van der Waals surface area contributed by atoms with Crippen LogP contribution >= 0.6 is 0 Å². The third-order valence-electron chi connectivity index (χ3n) is 13.8. The number of fused-ring (bicyclic) bond motifs is 5. The second-order valence-electron chi connectivity index (χ2n) is 17.5. The lowest BCUT2D eigenvalue weighted by Gasteiger charge is -2.58. The molecule has 0 amide bonds. The number of ether oxygens (including phenoxy) is 1. The maximum atomic E-state index is 12.8. The van der Waals surface area contributed by atoms with E-state index in [1.807, 2.05) is 6.08 Å². The van der Waals surface area contributed by atoms with Gasteiger partial charge in [-0.25, -0.2) is 5.26 Å². The van der Waals surface area contributed by atoms with Crippen molar-refractivity contribution in [2.75, 3.05) is 0 Å². The summed E-state index contributed by atoms with van der Waals surface area (Å²) in [7, 11) is 0. The van der Waals surface area contributed by atoms with Crippen LogP contribution in [-0.2, 0) is 14.4 Å². The van der Waals surface area contributed by atoms with Gasteiger partial charge < -0.3 is 9.62 Å². The van der Waals surface area contributed by atoms with Crippen LogP contribution in [0.3, 0.4) is 0 Å². The van der Waals surface area contributed by atoms with Gasteiger partial charge in [-0.15, -0.1) is 0 Å². The minimum atomic E-state index is 0.0129. The van der Waals surface area contributed by atoms with Crippen molar-refractivity contribution in [1.29, 1.82) is 0 Å². The predicted octanol–water partition coefficient (Wildman–Crippen LogP) is 13.3. The van der Waals surface area contributed by atoms with Crippen molar-refractivity contribution >= 4 is 5.97 Å². The SMILES string of the molecule is CC/C=C\C/C=C(\C/C=C\CCCCCCCC(=O)O[C@H]1CC[C@@]2(C)C(=CC[C@H]3[C@@H]4CC[C@H]([C@H](C)CCCC(C)C)[C@@]4(C)CC[C@@H]32)C1)OO. The Hall–Kier alpha value is -1.81.